The Bertz CT molecular complexity index is 1720. The van der Waals surface area contributed by atoms with Crippen LogP contribution in [0.25, 0.3) is 11.0 Å². The van der Waals surface area contributed by atoms with Gasteiger partial charge in [-0.2, -0.15) is 0 Å². The van der Waals surface area contributed by atoms with Gasteiger partial charge in [-0.05, 0) is 74.3 Å². The average molecular weight is 674 g/mol. The van der Waals surface area contributed by atoms with Crippen LogP contribution in [0.3, 0.4) is 0 Å². The molecular weight excluding hydrogens is 626 g/mol. The van der Waals surface area contributed by atoms with Crippen LogP contribution in [0.1, 0.15) is 83.6 Å². The summed E-state index contributed by atoms with van der Waals surface area (Å²) < 4.78 is 24.1. The number of nitrogens with one attached hydrogen (secondary N) is 1. The van der Waals surface area contributed by atoms with Crippen LogP contribution in [-0.2, 0) is 27.4 Å². The molecular formula is C37H47N5O7. The molecule has 0 spiro atoms. The van der Waals surface area contributed by atoms with Gasteiger partial charge in [-0.1, -0.05) is 40.5 Å². The molecule has 4 aliphatic rings. The minimum atomic E-state index is -0.892. The summed E-state index contributed by atoms with van der Waals surface area (Å²) in [7, 11) is 0. The van der Waals surface area contributed by atoms with Crippen molar-refractivity contribution in [2.75, 3.05) is 6.54 Å². The molecule has 1 N–H and O–H groups in total. The van der Waals surface area contributed by atoms with Crippen LogP contribution in [0.4, 0.5) is 4.79 Å². The number of aldehydes is 1. The van der Waals surface area contributed by atoms with Crippen LogP contribution < -0.4 is 14.8 Å². The Morgan fingerprint density at radius 2 is 1.88 bits per heavy atom. The van der Waals surface area contributed by atoms with Crippen LogP contribution in [0.15, 0.2) is 28.8 Å². The lowest BCUT2D eigenvalue weighted by Gasteiger charge is -2.35. The van der Waals surface area contributed by atoms with E-state index in [0.717, 1.165) is 49.6 Å². The Morgan fingerprint density at radius 3 is 2.63 bits per heavy atom. The van der Waals surface area contributed by atoms with Crippen LogP contribution in [0.2, 0.25) is 0 Å². The van der Waals surface area contributed by atoms with Gasteiger partial charge in [0.05, 0.1) is 29.8 Å². The Kier molecular flexibility index (Phi) is 9.00. The van der Waals surface area contributed by atoms with E-state index >= 15 is 0 Å². The van der Waals surface area contributed by atoms with E-state index in [4.69, 9.17) is 28.6 Å². The number of carbonyl (C=O) groups excluding carboxylic acids is 3. The molecule has 262 valence electrons. The summed E-state index contributed by atoms with van der Waals surface area (Å²) in [6.07, 6.45) is 7.91. The van der Waals surface area contributed by atoms with Gasteiger partial charge in [-0.15, -0.1) is 0 Å². The molecule has 2 saturated carbocycles. The number of alkyl carbamates (subject to hydrolysis) is 1. The quantitative estimate of drug-likeness (QED) is 0.348. The van der Waals surface area contributed by atoms with E-state index in [9.17, 15) is 14.4 Å². The third-order valence-electron chi connectivity index (χ3n) is 10.9. The molecule has 2 bridgehead atoms. The second kappa shape index (κ2) is 13.2. The van der Waals surface area contributed by atoms with Crippen molar-refractivity contribution in [3.8, 4) is 11.6 Å². The highest BCUT2D eigenvalue weighted by Crippen LogP contribution is 2.57. The highest BCUT2D eigenvalue weighted by atomic mass is 16.6. The number of ether oxygens (including phenoxy) is 3. The number of aryl methyl sites for hydroxylation is 2. The standard InChI is InChI=1S/C37H47N5O7/c1-20-16-38-32(47-20)19-46-23-11-12-26-28(15-23)40-34-27(39-26)10-8-6-7-9-24-25-13-22(25)14-30(24)49-36(45)41-33(37(3,4)5)35(44)42-17-31(48-34)21(2)29(42)18-43/h11-12,15-16,18,21-22,24-25,29-31,33H,6-10,13-14,17,19H2,1-5H3,(H,41,45)/t21-,22?,24+,25?,29+,30+,31-,33+/m0/s1. The van der Waals surface area contributed by atoms with Crippen LogP contribution in [0.5, 0.6) is 11.6 Å². The van der Waals surface area contributed by atoms with E-state index in [1.165, 1.54) is 6.42 Å². The maximum absolute atomic E-state index is 14.2. The molecule has 7 rings (SSSR count). The fourth-order valence-electron chi connectivity index (χ4n) is 8.03. The van der Waals surface area contributed by atoms with Crippen LogP contribution >= 0.6 is 0 Å². The molecule has 1 saturated heterocycles. The Labute approximate surface area is 286 Å². The molecule has 12 heteroatoms. The highest BCUT2D eigenvalue weighted by Gasteiger charge is 2.54. The number of nitrogens with zero attached hydrogens (tertiary/aromatic N) is 4. The normalized spacial score (nSPS) is 30.6. The smallest absolute Gasteiger partial charge is 0.408 e. The first-order valence-electron chi connectivity index (χ1n) is 17.7. The van der Waals surface area contributed by atoms with E-state index < -0.39 is 29.7 Å². The minimum Gasteiger partial charge on any atom is -0.484 e. The van der Waals surface area contributed by atoms with Gasteiger partial charge >= 0.3 is 6.09 Å². The number of rotatable bonds is 4. The lowest BCUT2D eigenvalue weighted by molar-refractivity contribution is -0.139. The lowest BCUT2D eigenvalue weighted by atomic mass is 9.85. The largest absolute Gasteiger partial charge is 0.484 e. The molecule has 8 atom stereocenters. The van der Waals surface area contributed by atoms with E-state index in [1.54, 1.807) is 11.1 Å². The number of oxazole rings is 1. The Hall–Kier alpha value is -4.22. The number of aromatic nitrogens is 3. The van der Waals surface area contributed by atoms with Gasteiger partial charge in [-0.3, -0.25) is 4.79 Å². The SMILES string of the molecule is Cc1cnc(COc2ccc3nc4c(nc3c2)O[C@H]2CN(C(=O)[C@H](C(C)(C)C)NC(=O)O[C@@H]3CC5CC5[C@H]3CCCCC4)[C@H](C=O)[C@@H]2C)o1. The fraction of sp³-hybridized carbons (Fsp3) is 0.622. The molecule has 0 radical (unpaired) electrons. The number of hydrogen-bond acceptors (Lipinski definition) is 10. The molecule has 49 heavy (non-hydrogen) atoms. The van der Waals surface area contributed by atoms with Crippen LogP contribution in [0, 0.1) is 36.0 Å². The Balaban J connectivity index is 1.19. The van der Waals surface area contributed by atoms with E-state index in [-0.39, 0.29) is 31.1 Å². The summed E-state index contributed by atoms with van der Waals surface area (Å²) >= 11 is 0. The molecule has 3 aromatic rings. The third-order valence-corrected chi connectivity index (χ3v) is 10.9. The monoisotopic (exact) mass is 673 g/mol. The van der Waals surface area contributed by atoms with E-state index in [0.29, 0.717) is 53.0 Å². The van der Waals surface area contributed by atoms with Crippen molar-refractivity contribution in [1.29, 1.82) is 0 Å². The summed E-state index contributed by atoms with van der Waals surface area (Å²) in [5.41, 5.74) is 1.45. The zero-order valence-corrected chi connectivity index (χ0v) is 29.0. The summed E-state index contributed by atoms with van der Waals surface area (Å²) in [5, 5.41) is 2.91. The summed E-state index contributed by atoms with van der Waals surface area (Å²) in [6, 6.07) is 3.93. The van der Waals surface area contributed by atoms with Gasteiger partial charge in [0.2, 0.25) is 17.7 Å². The van der Waals surface area contributed by atoms with Crippen molar-refractivity contribution >= 4 is 29.3 Å². The number of fused-ring (bicyclic) bond motifs is 7. The number of amides is 2. The topological polar surface area (TPSA) is 146 Å². The minimum absolute atomic E-state index is 0.142. The molecule has 1 aromatic carbocycles. The van der Waals surface area contributed by atoms with Gasteiger partial charge in [0.15, 0.2) is 6.61 Å². The summed E-state index contributed by atoms with van der Waals surface area (Å²) in [6.45, 7) is 9.79. The second-order valence-electron chi connectivity index (χ2n) is 15.5. The number of benzene rings is 1. The van der Waals surface area contributed by atoms with Gasteiger partial charge in [0.25, 0.3) is 0 Å². The maximum atomic E-state index is 14.2. The molecule has 2 amide bonds. The molecule has 2 unspecified atom stereocenters. The van der Waals surface area contributed by atoms with Crippen LogP contribution in [-0.4, -0.2) is 69.0 Å². The third kappa shape index (κ3) is 6.96. The number of carbonyl (C=O) groups is 3. The first-order chi connectivity index (χ1) is 23.5. The van der Waals surface area contributed by atoms with E-state index in [2.05, 4.69) is 10.3 Å². The van der Waals surface area contributed by atoms with Crippen molar-refractivity contribution in [2.24, 2.45) is 29.1 Å². The predicted octanol–water partition coefficient (Wildman–Crippen LogP) is 5.58. The van der Waals surface area contributed by atoms with Gasteiger partial charge in [0, 0.05) is 12.0 Å². The molecule has 2 aliphatic heterocycles. The van der Waals surface area contributed by atoms with Crippen molar-refractivity contribution in [2.45, 2.75) is 110 Å². The average Bonchev–Trinajstić information content (AvgIpc) is 3.37. The molecule has 4 heterocycles. The summed E-state index contributed by atoms with van der Waals surface area (Å²) in [5.74, 6) is 3.09. The van der Waals surface area contributed by atoms with Crippen molar-refractivity contribution < 1.29 is 33.0 Å². The van der Waals surface area contributed by atoms with Crippen molar-refractivity contribution in [1.82, 2.24) is 25.2 Å². The van der Waals surface area contributed by atoms with Crippen molar-refractivity contribution in [3.05, 3.63) is 41.7 Å². The second-order valence-corrected chi connectivity index (χ2v) is 15.5. The highest BCUT2D eigenvalue weighted by molar-refractivity contribution is 5.89. The van der Waals surface area contributed by atoms with Gasteiger partial charge < -0.3 is 33.6 Å². The first kappa shape index (κ1) is 33.3. The lowest BCUT2D eigenvalue weighted by Crippen LogP contribution is -2.56. The predicted molar refractivity (Wildman–Crippen MR) is 179 cm³/mol. The fourth-order valence-corrected chi connectivity index (χ4v) is 8.03. The zero-order chi connectivity index (χ0) is 34.4. The maximum Gasteiger partial charge on any atom is 0.408 e. The van der Waals surface area contributed by atoms with Crippen molar-refractivity contribution in [3.63, 3.8) is 0 Å². The zero-order valence-electron chi connectivity index (χ0n) is 29.0. The first-order valence-corrected chi connectivity index (χ1v) is 17.7. The number of hydrogen-bond donors (Lipinski definition) is 1. The Morgan fingerprint density at radius 1 is 1.04 bits per heavy atom. The molecule has 3 fully saturated rings. The summed E-state index contributed by atoms with van der Waals surface area (Å²) in [4.78, 5) is 55.7. The van der Waals surface area contributed by atoms with Gasteiger partial charge in [0.1, 0.15) is 41.7 Å². The molecule has 2 aliphatic carbocycles. The van der Waals surface area contributed by atoms with Gasteiger partial charge in [-0.25, -0.2) is 19.7 Å². The molecule has 2 aromatic heterocycles. The van der Waals surface area contributed by atoms with E-state index in [1.807, 2.05) is 52.8 Å². The molecule has 12 nitrogen and oxygen atoms in total.